The van der Waals surface area contributed by atoms with Crippen molar-refractivity contribution in [3.8, 4) is 17.2 Å². The number of aliphatic hydroxyl groups excluding tert-OH is 1. The molecule has 1 unspecified atom stereocenters. The number of fused-ring (bicyclic) bond motifs is 1. The van der Waals surface area contributed by atoms with Gasteiger partial charge in [0.25, 0.3) is 5.56 Å². The second kappa shape index (κ2) is 11.9. The van der Waals surface area contributed by atoms with Gasteiger partial charge >= 0.3 is 5.92 Å². The Morgan fingerprint density at radius 1 is 0.865 bits per heavy atom. The zero-order chi connectivity index (χ0) is 26.3. The third kappa shape index (κ3) is 7.05. The van der Waals surface area contributed by atoms with Crippen LogP contribution in [0, 0.1) is 0 Å². The molecule has 4 rings (SSSR count). The molecule has 4 aromatic rings. The number of alkyl halides is 2. The number of benzene rings is 3. The molecule has 3 N–H and O–H groups in total. The van der Waals surface area contributed by atoms with Gasteiger partial charge in [-0.3, -0.25) is 9.36 Å². The van der Waals surface area contributed by atoms with E-state index in [0.717, 1.165) is 10.1 Å². The van der Waals surface area contributed by atoms with Gasteiger partial charge in [-0.2, -0.15) is 8.78 Å². The summed E-state index contributed by atoms with van der Waals surface area (Å²) in [5.41, 5.74) is 0.793. The molecular weight excluding hydrogens is 482 g/mol. The van der Waals surface area contributed by atoms with Crippen LogP contribution in [0.4, 0.5) is 8.78 Å². The first-order valence-electron chi connectivity index (χ1n) is 11.8. The second-order valence-electron chi connectivity index (χ2n) is 8.58. The molecule has 0 aliphatic heterocycles. The fourth-order valence-electron chi connectivity index (χ4n) is 3.84. The fraction of sp³-hybridized carbons (Fsp3) is 0.250. The van der Waals surface area contributed by atoms with Crippen molar-refractivity contribution in [2.75, 3.05) is 26.3 Å². The molecule has 0 aliphatic carbocycles. The van der Waals surface area contributed by atoms with Gasteiger partial charge in [0.1, 0.15) is 23.5 Å². The van der Waals surface area contributed by atoms with Crippen molar-refractivity contribution in [3.05, 3.63) is 101 Å². The third-order valence-electron chi connectivity index (χ3n) is 5.71. The second-order valence-corrected chi connectivity index (χ2v) is 8.58. The van der Waals surface area contributed by atoms with Crippen molar-refractivity contribution in [1.82, 2.24) is 9.88 Å². The van der Waals surface area contributed by atoms with Crippen LogP contribution < -0.4 is 20.3 Å². The largest absolute Gasteiger partial charge is 0.506 e. The van der Waals surface area contributed by atoms with E-state index >= 15 is 0 Å². The molecule has 9 heteroatoms. The summed E-state index contributed by atoms with van der Waals surface area (Å²) in [6, 6.07) is 23.0. The maximum atomic E-state index is 14.1. The molecule has 1 atom stereocenters. The molecule has 1 aromatic heterocycles. The molecule has 0 saturated heterocycles. The lowest BCUT2D eigenvalue weighted by molar-refractivity contribution is -0.0728. The summed E-state index contributed by atoms with van der Waals surface area (Å²) in [6.07, 6.45) is -0.572. The average molecular weight is 511 g/mol. The predicted octanol–water partition coefficient (Wildman–Crippen LogP) is 4.12. The summed E-state index contributed by atoms with van der Waals surface area (Å²) in [5, 5.41) is 24.5. The first kappa shape index (κ1) is 26.1. The highest BCUT2D eigenvalue weighted by Crippen LogP contribution is 2.24. The van der Waals surface area contributed by atoms with Crippen LogP contribution in [0.25, 0.3) is 10.9 Å². The van der Waals surface area contributed by atoms with E-state index in [4.69, 9.17) is 9.47 Å². The smallest absolute Gasteiger partial charge is 0.314 e. The van der Waals surface area contributed by atoms with Crippen molar-refractivity contribution in [3.63, 3.8) is 0 Å². The minimum atomic E-state index is -3.15. The van der Waals surface area contributed by atoms with Crippen LogP contribution >= 0.6 is 0 Å². The maximum Gasteiger partial charge on any atom is 0.314 e. The first-order chi connectivity index (χ1) is 17.8. The normalized spacial score (nSPS) is 12.4. The Kier molecular flexibility index (Phi) is 8.37. The fourth-order valence-corrected chi connectivity index (χ4v) is 3.84. The highest BCUT2D eigenvalue weighted by molar-refractivity contribution is 5.84. The standard InChI is InChI=1S/C28H28F2N2O5/c29-28(30,18-36-22-6-2-1-3-7-22)19-37-23-12-9-20(10-13-23)15-16-31-17-26(35)32-25(34)14-11-21-5-4-8-24(33)27(21)32/h1-14,26,31,33,35H,15-19H2. The number of nitrogens with one attached hydrogen (secondary N) is 1. The van der Waals surface area contributed by atoms with Gasteiger partial charge in [-0.1, -0.05) is 42.5 Å². The number of aromatic nitrogens is 1. The van der Waals surface area contributed by atoms with Crippen LogP contribution in [-0.2, 0) is 6.42 Å². The molecule has 1 heterocycles. The molecule has 0 aliphatic rings. The lowest BCUT2D eigenvalue weighted by atomic mass is 10.1. The molecule has 0 saturated carbocycles. The zero-order valence-electron chi connectivity index (χ0n) is 20.0. The van der Waals surface area contributed by atoms with E-state index in [1.54, 1.807) is 72.8 Å². The molecule has 0 fully saturated rings. The van der Waals surface area contributed by atoms with Crippen LogP contribution in [0.3, 0.4) is 0 Å². The van der Waals surface area contributed by atoms with E-state index in [0.29, 0.717) is 29.9 Å². The number of para-hydroxylation sites is 2. The van der Waals surface area contributed by atoms with Crippen LogP contribution in [0.2, 0.25) is 0 Å². The lowest BCUT2D eigenvalue weighted by Crippen LogP contribution is -2.33. The topological polar surface area (TPSA) is 93.0 Å². The van der Waals surface area contributed by atoms with Crippen LogP contribution in [-0.4, -0.2) is 47.0 Å². The quantitative estimate of drug-likeness (QED) is 0.248. The summed E-state index contributed by atoms with van der Waals surface area (Å²) in [5.74, 6) is -2.54. The number of phenolic OH excluding ortho intramolecular Hbond substituents is 1. The molecule has 0 bridgehead atoms. The van der Waals surface area contributed by atoms with Gasteiger partial charge < -0.3 is 25.0 Å². The molecule has 3 aromatic carbocycles. The van der Waals surface area contributed by atoms with Crippen molar-refractivity contribution in [1.29, 1.82) is 0 Å². The van der Waals surface area contributed by atoms with Gasteiger partial charge in [0.2, 0.25) is 0 Å². The summed E-state index contributed by atoms with van der Waals surface area (Å²) < 4.78 is 39.7. The van der Waals surface area contributed by atoms with E-state index in [2.05, 4.69) is 5.32 Å². The summed E-state index contributed by atoms with van der Waals surface area (Å²) in [7, 11) is 0. The van der Waals surface area contributed by atoms with Gasteiger partial charge in [0, 0.05) is 18.0 Å². The van der Waals surface area contributed by atoms with E-state index in [-0.39, 0.29) is 17.8 Å². The summed E-state index contributed by atoms with van der Waals surface area (Å²) in [4.78, 5) is 12.3. The Hall–Kier alpha value is -3.95. The van der Waals surface area contributed by atoms with Gasteiger partial charge in [-0.05, 0) is 54.9 Å². The number of rotatable bonds is 12. The minimum absolute atomic E-state index is 0.0851. The minimum Gasteiger partial charge on any atom is -0.506 e. The van der Waals surface area contributed by atoms with Crippen LogP contribution in [0.1, 0.15) is 11.8 Å². The number of aromatic hydroxyl groups is 1. The SMILES string of the molecule is O=c1ccc2cccc(O)c2n1C(O)CNCCc1ccc(OCC(F)(F)COc2ccccc2)cc1. The molecular formula is C28H28F2N2O5. The highest BCUT2D eigenvalue weighted by atomic mass is 19.3. The Morgan fingerprint density at radius 3 is 2.24 bits per heavy atom. The molecule has 0 spiro atoms. The van der Waals surface area contributed by atoms with Crippen molar-refractivity contribution in [2.24, 2.45) is 0 Å². The van der Waals surface area contributed by atoms with Crippen molar-refractivity contribution >= 4 is 10.9 Å². The first-order valence-corrected chi connectivity index (χ1v) is 11.8. The number of hydrogen-bond acceptors (Lipinski definition) is 6. The Labute approximate surface area is 212 Å². The third-order valence-corrected chi connectivity index (χ3v) is 5.71. The Morgan fingerprint density at radius 2 is 1.54 bits per heavy atom. The zero-order valence-corrected chi connectivity index (χ0v) is 20.0. The predicted molar refractivity (Wildman–Crippen MR) is 137 cm³/mol. The number of ether oxygens (including phenoxy) is 2. The molecule has 0 radical (unpaired) electrons. The number of nitrogens with zero attached hydrogens (tertiary/aromatic N) is 1. The molecule has 0 amide bonds. The highest BCUT2D eigenvalue weighted by Gasteiger charge is 2.31. The maximum absolute atomic E-state index is 14.1. The lowest BCUT2D eigenvalue weighted by Gasteiger charge is -2.18. The van der Waals surface area contributed by atoms with Gasteiger partial charge in [-0.25, -0.2) is 0 Å². The van der Waals surface area contributed by atoms with Crippen LogP contribution in [0.15, 0.2) is 89.7 Å². The number of hydrogen-bond donors (Lipinski definition) is 3. The van der Waals surface area contributed by atoms with Gasteiger partial charge in [0.15, 0.2) is 13.2 Å². The average Bonchev–Trinajstić information content (AvgIpc) is 2.90. The van der Waals surface area contributed by atoms with Crippen molar-refractivity contribution in [2.45, 2.75) is 18.6 Å². The summed E-state index contributed by atoms with van der Waals surface area (Å²) in [6.45, 7) is -0.995. The van der Waals surface area contributed by atoms with E-state index < -0.39 is 30.9 Å². The number of halogens is 2. The van der Waals surface area contributed by atoms with E-state index in [9.17, 15) is 23.8 Å². The monoisotopic (exact) mass is 510 g/mol. The molecule has 37 heavy (non-hydrogen) atoms. The van der Waals surface area contributed by atoms with Crippen molar-refractivity contribution < 1.29 is 28.5 Å². The van der Waals surface area contributed by atoms with Gasteiger partial charge in [-0.15, -0.1) is 0 Å². The number of aliphatic hydroxyl groups is 1. The summed E-state index contributed by atoms with van der Waals surface area (Å²) >= 11 is 0. The molecule has 7 nitrogen and oxygen atoms in total. The van der Waals surface area contributed by atoms with Gasteiger partial charge in [0.05, 0.1) is 5.52 Å². The Bertz CT molecular complexity index is 1360. The van der Waals surface area contributed by atoms with E-state index in [1.807, 2.05) is 0 Å². The Balaban J connectivity index is 1.23. The number of pyridine rings is 1. The van der Waals surface area contributed by atoms with Crippen LogP contribution in [0.5, 0.6) is 17.2 Å². The number of phenols is 1. The van der Waals surface area contributed by atoms with E-state index in [1.165, 1.54) is 12.1 Å². The molecule has 194 valence electrons.